The van der Waals surface area contributed by atoms with Gasteiger partial charge in [0.05, 0.1) is 0 Å². The summed E-state index contributed by atoms with van der Waals surface area (Å²) < 4.78 is 16.8. The average Bonchev–Trinajstić information content (AvgIpc) is 3.45. The van der Waals surface area contributed by atoms with Crippen LogP contribution in [-0.4, -0.2) is 37.2 Å². The van der Waals surface area contributed by atoms with Crippen LogP contribution < -0.4 is 0 Å². The Morgan fingerprint density at radius 1 is 0.253 bits per heavy atom. The minimum Gasteiger partial charge on any atom is -0.462 e. The molecule has 1 atom stereocenters. The number of unbranched alkanes of at least 4 members (excludes halogenated alkanes) is 16. The predicted octanol–water partition coefficient (Wildman–Crippen LogP) is 21.9. The lowest BCUT2D eigenvalue weighted by atomic mass is 10.1. The Hall–Kier alpha value is -5.23. The van der Waals surface area contributed by atoms with Crippen molar-refractivity contribution in [2.24, 2.45) is 0 Å². The first kappa shape index (κ1) is 73.8. The molecule has 0 aliphatic rings. The summed E-state index contributed by atoms with van der Waals surface area (Å²) in [4.78, 5) is 38.3. The van der Waals surface area contributed by atoms with Crippen molar-refractivity contribution in [2.75, 3.05) is 13.2 Å². The van der Waals surface area contributed by atoms with Crippen LogP contribution >= 0.6 is 0 Å². The largest absolute Gasteiger partial charge is 0.462 e. The molecule has 6 heteroatoms. The highest BCUT2D eigenvalue weighted by atomic mass is 16.6. The molecular formula is C73H114O6. The van der Waals surface area contributed by atoms with Crippen LogP contribution in [0.15, 0.2) is 170 Å². The summed E-state index contributed by atoms with van der Waals surface area (Å²) in [5.41, 5.74) is 0. The molecule has 0 saturated heterocycles. The van der Waals surface area contributed by atoms with E-state index in [0.29, 0.717) is 19.3 Å². The van der Waals surface area contributed by atoms with E-state index >= 15 is 0 Å². The van der Waals surface area contributed by atoms with Crippen molar-refractivity contribution in [2.45, 2.75) is 258 Å². The highest BCUT2D eigenvalue weighted by molar-refractivity contribution is 5.71. The summed E-state index contributed by atoms with van der Waals surface area (Å²) >= 11 is 0. The molecule has 0 amide bonds. The first-order chi connectivity index (χ1) is 39.0. The molecule has 0 fully saturated rings. The second-order valence-corrected chi connectivity index (χ2v) is 20.2. The lowest BCUT2D eigenvalue weighted by molar-refractivity contribution is -0.167. The van der Waals surface area contributed by atoms with Crippen LogP contribution in [0.3, 0.4) is 0 Å². The molecule has 6 nitrogen and oxygen atoms in total. The Bertz CT molecular complexity index is 1820. The number of rotatable bonds is 55. The summed E-state index contributed by atoms with van der Waals surface area (Å²) in [5, 5.41) is 0. The number of hydrogen-bond donors (Lipinski definition) is 0. The van der Waals surface area contributed by atoms with Crippen LogP contribution in [0.2, 0.25) is 0 Å². The van der Waals surface area contributed by atoms with Gasteiger partial charge in [-0.3, -0.25) is 14.4 Å². The van der Waals surface area contributed by atoms with Crippen LogP contribution in [0.25, 0.3) is 0 Å². The van der Waals surface area contributed by atoms with Crippen LogP contribution in [0.1, 0.15) is 252 Å². The van der Waals surface area contributed by atoms with E-state index in [-0.39, 0.29) is 37.5 Å². The first-order valence-corrected chi connectivity index (χ1v) is 31.6. The van der Waals surface area contributed by atoms with E-state index in [4.69, 9.17) is 14.2 Å². The standard InChI is InChI=1S/C73H114O6/c1-4-7-10-13-16-19-22-25-28-29-30-31-32-33-34-35-36-37-38-39-40-41-42-43-46-48-51-54-57-60-63-66-72(75)78-69-70(79-73(76)67-64-61-58-55-52-49-45-27-24-21-18-15-12-9-6-3)68-77-71(74)65-62-59-56-53-50-47-44-26-23-20-17-14-11-8-5-2/h7-12,16-21,25-28,30-31,33-34,36-37,39-40,44-45,52,55,70H,4-6,13-15,22-24,29,32,35,38,41-43,46-51,53-54,56-69H2,1-3H3/b10-7-,11-8-,12-9-,19-16-,20-17-,21-18-,28-25-,31-30-,34-33-,37-36-,40-39-,44-26-,45-27-,55-52-. The van der Waals surface area contributed by atoms with Crippen LogP contribution in [0.4, 0.5) is 0 Å². The van der Waals surface area contributed by atoms with E-state index in [1.807, 2.05) is 0 Å². The Morgan fingerprint density at radius 2 is 0.456 bits per heavy atom. The van der Waals surface area contributed by atoms with E-state index in [0.717, 1.165) is 167 Å². The SMILES string of the molecule is CC/C=C\C/C=C\C/C=C\C/C=C\C/C=C\C/C=C\C/C=C\CCCCCCCCCCCC(=O)OCC(COC(=O)CCCCCCC/C=C\C/C=C\C/C=C\CC)OC(=O)CCCC/C=C\C/C=C\C/C=C\C/C=C\CC. The average molecular weight is 1090 g/mol. The molecule has 0 spiro atoms. The minimum absolute atomic E-state index is 0.111. The third-order valence-corrected chi connectivity index (χ3v) is 12.7. The van der Waals surface area contributed by atoms with Gasteiger partial charge < -0.3 is 14.2 Å². The number of hydrogen-bond acceptors (Lipinski definition) is 6. The Labute approximate surface area is 485 Å². The fourth-order valence-corrected chi connectivity index (χ4v) is 8.07. The van der Waals surface area contributed by atoms with E-state index in [1.54, 1.807) is 0 Å². The zero-order valence-corrected chi connectivity index (χ0v) is 50.6. The number of ether oxygens (including phenoxy) is 3. The molecule has 0 aromatic carbocycles. The van der Waals surface area contributed by atoms with Crippen LogP contribution in [0, 0.1) is 0 Å². The van der Waals surface area contributed by atoms with Crippen molar-refractivity contribution >= 4 is 17.9 Å². The second-order valence-electron chi connectivity index (χ2n) is 20.2. The number of carbonyl (C=O) groups is 3. The molecule has 0 heterocycles. The van der Waals surface area contributed by atoms with Crippen molar-refractivity contribution in [3.8, 4) is 0 Å². The molecule has 442 valence electrons. The smallest absolute Gasteiger partial charge is 0.306 e. The first-order valence-electron chi connectivity index (χ1n) is 31.6. The minimum atomic E-state index is -0.819. The van der Waals surface area contributed by atoms with Crippen molar-refractivity contribution in [1.82, 2.24) is 0 Å². The third kappa shape index (κ3) is 63.5. The number of esters is 3. The van der Waals surface area contributed by atoms with Crippen molar-refractivity contribution in [1.29, 1.82) is 0 Å². The summed E-state index contributed by atoms with van der Waals surface area (Å²) in [6, 6.07) is 0. The highest BCUT2D eigenvalue weighted by Crippen LogP contribution is 2.14. The molecular weight excluding hydrogens is 973 g/mol. The molecule has 0 aromatic rings. The fourth-order valence-electron chi connectivity index (χ4n) is 8.07. The molecule has 0 saturated carbocycles. The lowest BCUT2D eigenvalue weighted by Gasteiger charge is -2.18. The molecule has 0 rings (SSSR count). The van der Waals surface area contributed by atoms with Gasteiger partial charge in [-0.2, -0.15) is 0 Å². The van der Waals surface area contributed by atoms with Gasteiger partial charge in [0, 0.05) is 19.3 Å². The van der Waals surface area contributed by atoms with Gasteiger partial charge in [0.25, 0.3) is 0 Å². The zero-order valence-electron chi connectivity index (χ0n) is 50.6. The van der Waals surface area contributed by atoms with E-state index in [2.05, 4.69) is 191 Å². The third-order valence-electron chi connectivity index (χ3n) is 12.7. The van der Waals surface area contributed by atoms with E-state index in [1.165, 1.54) is 38.5 Å². The molecule has 0 radical (unpaired) electrons. The maximum Gasteiger partial charge on any atom is 0.306 e. The summed E-state index contributed by atoms with van der Waals surface area (Å²) in [6.45, 7) is 6.23. The van der Waals surface area contributed by atoms with Gasteiger partial charge in [0.2, 0.25) is 0 Å². The maximum absolute atomic E-state index is 12.9. The normalized spacial score (nSPS) is 13.3. The molecule has 79 heavy (non-hydrogen) atoms. The highest BCUT2D eigenvalue weighted by Gasteiger charge is 2.19. The second kappa shape index (κ2) is 65.3. The lowest BCUT2D eigenvalue weighted by Crippen LogP contribution is -2.30. The fraction of sp³-hybridized carbons (Fsp3) is 0.575. The zero-order chi connectivity index (χ0) is 57.1. The van der Waals surface area contributed by atoms with E-state index < -0.39 is 6.10 Å². The van der Waals surface area contributed by atoms with Crippen molar-refractivity contribution < 1.29 is 28.6 Å². The summed E-state index contributed by atoms with van der Waals surface area (Å²) in [7, 11) is 0. The van der Waals surface area contributed by atoms with Crippen LogP contribution in [-0.2, 0) is 28.6 Å². The molecule has 0 N–H and O–H groups in total. The predicted molar refractivity (Wildman–Crippen MR) is 343 cm³/mol. The van der Waals surface area contributed by atoms with Crippen molar-refractivity contribution in [3.05, 3.63) is 170 Å². The van der Waals surface area contributed by atoms with Crippen LogP contribution in [0.5, 0.6) is 0 Å². The van der Waals surface area contributed by atoms with Gasteiger partial charge in [-0.05, 0) is 148 Å². The Morgan fingerprint density at radius 3 is 0.734 bits per heavy atom. The molecule has 1 unspecified atom stereocenters. The van der Waals surface area contributed by atoms with Gasteiger partial charge in [-0.25, -0.2) is 0 Å². The Balaban J connectivity index is 4.37. The molecule has 0 aromatic heterocycles. The van der Waals surface area contributed by atoms with Crippen molar-refractivity contribution in [3.63, 3.8) is 0 Å². The molecule has 0 aliphatic carbocycles. The molecule has 0 bridgehead atoms. The van der Waals surface area contributed by atoms with Gasteiger partial charge in [0.1, 0.15) is 13.2 Å². The van der Waals surface area contributed by atoms with Gasteiger partial charge in [-0.1, -0.05) is 255 Å². The van der Waals surface area contributed by atoms with E-state index in [9.17, 15) is 14.4 Å². The van der Waals surface area contributed by atoms with Gasteiger partial charge in [-0.15, -0.1) is 0 Å². The monoisotopic (exact) mass is 1090 g/mol. The Kier molecular flexibility index (Phi) is 61.0. The summed E-state index contributed by atoms with van der Waals surface area (Å²) in [5.74, 6) is -0.982. The summed E-state index contributed by atoms with van der Waals surface area (Å²) in [6.07, 6.45) is 96.5. The van der Waals surface area contributed by atoms with Gasteiger partial charge in [0.15, 0.2) is 6.10 Å². The quantitative estimate of drug-likeness (QED) is 0.0261. The maximum atomic E-state index is 12.9. The van der Waals surface area contributed by atoms with Gasteiger partial charge >= 0.3 is 17.9 Å². The number of allylic oxidation sites excluding steroid dienone is 28. The molecule has 0 aliphatic heterocycles. The number of carbonyl (C=O) groups excluding carboxylic acids is 3. The topological polar surface area (TPSA) is 78.9 Å².